The molecule has 2 heterocycles. The zero-order chi connectivity index (χ0) is 18.5. The maximum absolute atomic E-state index is 12.9. The van der Waals surface area contributed by atoms with Crippen LogP contribution in [0.15, 0.2) is 43.0 Å². The SMILES string of the molecule is O=C(O)CCn1cc(C(=O)Nc2ncn(Cc3ccc(F)cc3)n2)cn1. The number of benzene rings is 1. The van der Waals surface area contributed by atoms with Crippen molar-refractivity contribution in [3.63, 3.8) is 0 Å². The number of carboxylic acids is 1. The number of aliphatic carboxylic acids is 1. The number of amides is 1. The summed E-state index contributed by atoms with van der Waals surface area (Å²) in [4.78, 5) is 26.7. The van der Waals surface area contributed by atoms with Gasteiger partial charge in [0.1, 0.15) is 12.1 Å². The molecule has 0 saturated heterocycles. The van der Waals surface area contributed by atoms with Gasteiger partial charge >= 0.3 is 5.97 Å². The van der Waals surface area contributed by atoms with Crippen molar-refractivity contribution in [1.82, 2.24) is 24.5 Å². The molecular weight excluding hydrogens is 343 g/mol. The highest BCUT2D eigenvalue weighted by Crippen LogP contribution is 2.07. The number of hydrogen-bond acceptors (Lipinski definition) is 5. The third kappa shape index (κ3) is 4.50. The molecule has 0 spiro atoms. The van der Waals surface area contributed by atoms with E-state index in [9.17, 15) is 14.0 Å². The van der Waals surface area contributed by atoms with Crippen LogP contribution in [-0.4, -0.2) is 41.5 Å². The minimum atomic E-state index is -0.942. The minimum absolute atomic E-state index is 0.0852. The lowest BCUT2D eigenvalue weighted by atomic mass is 10.2. The maximum atomic E-state index is 12.9. The molecule has 3 rings (SSSR count). The number of aromatic nitrogens is 5. The first kappa shape index (κ1) is 17.3. The molecule has 0 unspecified atom stereocenters. The molecular formula is C16H15FN6O3. The molecule has 0 radical (unpaired) electrons. The number of carboxylic acid groups (broad SMARTS) is 1. The van der Waals surface area contributed by atoms with E-state index in [1.165, 1.54) is 40.2 Å². The Morgan fingerprint density at radius 3 is 2.69 bits per heavy atom. The standard InChI is InChI=1S/C16H15FN6O3/c17-13-3-1-11(2-4-13)8-23-10-18-16(21-23)20-15(26)12-7-19-22(9-12)6-5-14(24)25/h1-4,7,9-10H,5-6,8H2,(H,24,25)(H,20,21,26). The Morgan fingerprint density at radius 1 is 1.19 bits per heavy atom. The number of hydrogen-bond donors (Lipinski definition) is 2. The second-order valence-corrected chi connectivity index (χ2v) is 5.48. The van der Waals surface area contributed by atoms with Crippen LogP contribution in [0.1, 0.15) is 22.3 Å². The number of rotatable bonds is 7. The van der Waals surface area contributed by atoms with Gasteiger partial charge in [0.25, 0.3) is 5.91 Å². The van der Waals surface area contributed by atoms with Crippen LogP contribution >= 0.6 is 0 Å². The summed E-state index contributed by atoms with van der Waals surface area (Å²) in [5.41, 5.74) is 1.11. The van der Waals surface area contributed by atoms with E-state index in [-0.39, 0.29) is 30.3 Å². The summed E-state index contributed by atoms with van der Waals surface area (Å²) in [6, 6.07) is 6.00. The number of carbonyl (C=O) groups is 2. The van der Waals surface area contributed by atoms with E-state index in [4.69, 9.17) is 5.11 Å². The van der Waals surface area contributed by atoms with Crippen molar-refractivity contribution in [2.24, 2.45) is 0 Å². The number of nitrogens with one attached hydrogen (secondary N) is 1. The van der Waals surface area contributed by atoms with E-state index in [1.807, 2.05) is 0 Å². The number of carbonyl (C=O) groups excluding carboxylic acids is 1. The quantitative estimate of drug-likeness (QED) is 0.659. The van der Waals surface area contributed by atoms with Crippen molar-refractivity contribution in [2.75, 3.05) is 5.32 Å². The molecule has 2 N–H and O–H groups in total. The Bertz CT molecular complexity index is 918. The van der Waals surface area contributed by atoms with Gasteiger partial charge in [-0.1, -0.05) is 12.1 Å². The Balaban J connectivity index is 1.59. The summed E-state index contributed by atoms with van der Waals surface area (Å²) in [6.07, 6.45) is 4.16. The second kappa shape index (κ2) is 7.55. The van der Waals surface area contributed by atoms with Crippen LogP contribution < -0.4 is 5.32 Å². The van der Waals surface area contributed by atoms with E-state index >= 15 is 0 Å². The first-order valence-corrected chi connectivity index (χ1v) is 7.69. The van der Waals surface area contributed by atoms with Crippen molar-refractivity contribution in [1.29, 1.82) is 0 Å². The molecule has 1 amide bonds. The summed E-state index contributed by atoms with van der Waals surface area (Å²) in [7, 11) is 0. The Labute approximate surface area is 147 Å². The summed E-state index contributed by atoms with van der Waals surface area (Å²) >= 11 is 0. The highest BCUT2D eigenvalue weighted by atomic mass is 19.1. The largest absolute Gasteiger partial charge is 0.481 e. The molecule has 0 aliphatic heterocycles. The fourth-order valence-electron chi connectivity index (χ4n) is 2.19. The van der Waals surface area contributed by atoms with Crippen molar-refractivity contribution in [3.8, 4) is 0 Å². The van der Waals surface area contributed by atoms with E-state index in [0.717, 1.165) is 5.56 Å². The molecule has 10 heteroatoms. The number of anilines is 1. The van der Waals surface area contributed by atoms with Crippen molar-refractivity contribution < 1.29 is 19.1 Å². The second-order valence-electron chi connectivity index (χ2n) is 5.48. The molecule has 0 aliphatic rings. The lowest BCUT2D eigenvalue weighted by molar-refractivity contribution is -0.137. The molecule has 134 valence electrons. The topological polar surface area (TPSA) is 115 Å². The fraction of sp³-hybridized carbons (Fsp3) is 0.188. The van der Waals surface area contributed by atoms with Gasteiger partial charge in [-0.15, -0.1) is 5.10 Å². The molecule has 2 aromatic heterocycles. The fourth-order valence-corrected chi connectivity index (χ4v) is 2.19. The van der Waals surface area contributed by atoms with E-state index in [2.05, 4.69) is 20.5 Å². The molecule has 0 fully saturated rings. The molecule has 1 aromatic carbocycles. The number of halogens is 1. The molecule has 0 bridgehead atoms. The summed E-state index contributed by atoms with van der Waals surface area (Å²) in [6.45, 7) is 0.559. The van der Waals surface area contributed by atoms with Crippen LogP contribution in [0.25, 0.3) is 0 Å². The van der Waals surface area contributed by atoms with Gasteiger partial charge in [-0.2, -0.15) is 5.10 Å². The molecule has 0 saturated carbocycles. The number of aryl methyl sites for hydroxylation is 1. The van der Waals surface area contributed by atoms with Gasteiger partial charge in [-0.25, -0.2) is 14.1 Å². The van der Waals surface area contributed by atoms with Gasteiger partial charge in [0.2, 0.25) is 5.95 Å². The van der Waals surface area contributed by atoms with Crippen molar-refractivity contribution in [3.05, 3.63) is 59.9 Å². The van der Waals surface area contributed by atoms with E-state index < -0.39 is 11.9 Å². The van der Waals surface area contributed by atoms with Crippen LogP contribution in [0.4, 0.5) is 10.3 Å². The Hall–Kier alpha value is -3.56. The minimum Gasteiger partial charge on any atom is -0.481 e. The highest BCUT2D eigenvalue weighted by Gasteiger charge is 2.12. The Kier molecular flexibility index (Phi) is 5.02. The summed E-state index contributed by atoms with van der Waals surface area (Å²) in [5.74, 6) is -1.59. The van der Waals surface area contributed by atoms with Crippen LogP contribution in [0, 0.1) is 5.82 Å². The maximum Gasteiger partial charge on any atom is 0.305 e. The van der Waals surface area contributed by atoms with Crippen LogP contribution in [-0.2, 0) is 17.9 Å². The third-order valence-corrected chi connectivity index (χ3v) is 3.47. The number of nitrogens with zero attached hydrogens (tertiary/aromatic N) is 5. The van der Waals surface area contributed by atoms with Gasteiger partial charge in [-0.05, 0) is 17.7 Å². The van der Waals surface area contributed by atoms with Gasteiger partial charge < -0.3 is 5.11 Å². The van der Waals surface area contributed by atoms with Crippen molar-refractivity contribution >= 4 is 17.8 Å². The van der Waals surface area contributed by atoms with Crippen LogP contribution in [0.5, 0.6) is 0 Å². The Morgan fingerprint density at radius 2 is 1.96 bits per heavy atom. The molecule has 9 nitrogen and oxygen atoms in total. The smallest absolute Gasteiger partial charge is 0.305 e. The first-order chi connectivity index (χ1) is 12.5. The lowest BCUT2D eigenvalue weighted by Crippen LogP contribution is -2.13. The normalized spacial score (nSPS) is 10.7. The van der Waals surface area contributed by atoms with Gasteiger partial charge in [0, 0.05) is 6.20 Å². The summed E-state index contributed by atoms with van der Waals surface area (Å²) < 4.78 is 15.8. The lowest BCUT2D eigenvalue weighted by Gasteiger charge is -2.01. The first-order valence-electron chi connectivity index (χ1n) is 7.69. The zero-order valence-electron chi connectivity index (χ0n) is 13.5. The average molecular weight is 358 g/mol. The highest BCUT2D eigenvalue weighted by molar-refractivity contribution is 6.02. The van der Waals surface area contributed by atoms with E-state index in [0.29, 0.717) is 6.54 Å². The monoisotopic (exact) mass is 358 g/mol. The van der Waals surface area contributed by atoms with Gasteiger partial charge in [0.15, 0.2) is 0 Å². The summed E-state index contributed by atoms with van der Waals surface area (Å²) in [5, 5.41) is 19.3. The molecule has 3 aromatic rings. The molecule has 26 heavy (non-hydrogen) atoms. The third-order valence-electron chi connectivity index (χ3n) is 3.47. The van der Waals surface area contributed by atoms with Crippen molar-refractivity contribution in [2.45, 2.75) is 19.5 Å². The predicted molar refractivity (Wildman–Crippen MR) is 88.0 cm³/mol. The van der Waals surface area contributed by atoms with Gasteiger partial charge in [0.05, 0.1) is 31.3 Å². The average Bonchev–Trinajstić information content (AvgIpc) is 3.24. The zero-order valence-corrected chi connectivity index (χ0v) is 13.5. The predicted octanol–water partition coefficient (Wildman–Crippen LogP) is 1.39. The molecule has 0 aliphatic carbocycles. The van der Waals surface area contributed by atoms with Crippen LogP contribution in [0.3, 0.4) is 0 Å². The molecule has 0 atom stereocenters. The van der Waals surface area contributed by atoms with Crippen LogP contribution in [0.2, 0.25) is 0 Å². The van der Waals surface area contributed by atoms with Gasteiger partial charge in [-0.3, -0.25) is 19.6 Å². The van der Waals surface area contributed by atoms with E-state index in [1.54, 1.807) is 12.1 Å².